The molecular formula is C14H15N5O4. The minimum atomic E-state index is -1.13. The molecular weight excluding hydrogens is 302 g/mol. The summed E-state index contributed by atoms with van der Waals surface area (Å²) < 4.78 is 10.6. The van der Waals surface area contributed by atoms with Crippen LogP contribution >= 0.6 is 0 Å². The summed E-state index contributed by atoms with van der Waals surface area (Å²) in [5.41, 5.74) is 16.4. The van der Waals surface area contributed by atoms with Gasteiger partial charge in [-0.2, -0.15) is 4.99 Å². The van der Waals surface area contributed by atoms with E-state index < -0.39 is 5.97 Å². The predicted molar refractivity (Wildman–Crippen MR) is 83.5 cm³/mol. The van der Waals surface area contributed by atoms with Crippen molar-refractivity contribution in [1.29, 1.82) is 0 Å². The van der Waals surface area contributed by atoms with E-state index in [0.29, 0.717) is 17.2 Å². The lowest BCUT2D eigenvalue weighted by Crippen LogP contribution is -2.26. The van der Waals surface area contributed by atoms with E-state index in [1.54, 1.807) is 24.3 Å². The second-order valence-electron chi connectivity index (χ2n) is 4.36. The number of nitrogens with two attached hydrogens (primary N) is 3. The number of benzene rings is 1. The zero-order valence-corrected chi connectivity index (χ0v) is 12.0. The van der Waals surface area contributed by atoms with Crippen molar-refractivity contribution in [3.05, 3.63) is 47.9 Å². The maximum atomic E-state index is 10.7. The Hall–Kier alpha value is -3.49. The molecule has 0 atom stereocenters. The fourth-order valence-electron chi connectivity index (χ4n) is 1.63. The molecule has 0 aliphatic carbocycles. The van der Waals surface area contributed by atoms with Crippen molar-refractivity contribution in [1.82, 2.24) is 0 Å². The van der Waals surface area contributed by atoms with Crippen molar-refractivity contribution >= 4 is 23.6 Å². The van der Waals surface area contributed by atoms with E-state index >= 15 is 0 Å². The molecule has 23 heavy (non-hydrogen) atoms. The number of ether oxygens (including phenoxy) is 1. The number of hydrogen-bond donors (Lipinski definition) is 4. The Morgan fingerprint density at radius 1 is 1.13 bits per heavy atom. The average molecular weight is 317 g/mol. The largest absolute Gasteiger partial charge is 0.486 e. The third kappa shape index (κ3) is 4.77. The van der Waals surface area contributed by atoms with Crippen molar-refractivity contribution < 1.29 is 19.1 Å². The number of carboxylic acid groups (broad SMARTS) is 1. The summed E-state index contributed by atoms with van der Waals surface area (Å²) in [6.45, 7) is 0.103. The maximum absolute atomic E-state index is 10.7. The van der Waals surface area contributed by atoms with Gasteiger partial charge in [0.05, 0.1) is 5.69 Å². The van der Waals surface area contributed by atoms with Gasteiger partial charge in [-0.15, -0.1) is 0 Å². The summed E-state index contributed by atoms with van der Waals surface area (Å²) in [6, 6.07) is 9.57. The van der Waals surface area contributed by atoms with Gasteiger partial charge < -0.3 is 31.5 Å². The number of nitrogens with zero attached hydrogens (tertiary/aromatic N) is 2. The lowest BCUT2D eigenvalue weighted by Gasteiger charge is -2.04. The van der Waals surface area contributed by atoms with Crippen molar-refractivity contribution in [3.8, 4) is 5.75 Å². The fourth-order valence-corrected chi connectivity index (χ4v) is 1.63. The molecule has 0 unspecified atom stereocenters. The molecule has 0 spiro atoms. The Morgan fingerprint density at radius 2 is 1.83 bits per heavy atom. The minimum Gasteiger partial charge on any atom is -0.486 e. The number of carboxylic acids is 1. The zero-order valence-electron chi connectivity index (χ0n) is 12.0. The highest BCUT2D eigenvalue weighted by Crippen LogP contribution is 2.19. The first kappa shape index (κ1) is 15.9. The van der Waals surface area contributed by atoms with E-state index in [2.05, 4.69) is 9.98 Å². The molecule has 0 amide bonds. The molecule has 0 fully saturated rings. The number of guanidine groups is 2. The van der Waals surface area contributed by atoms with Gasteiger partial charge in [-0.1, -0.05) is 0 Å². The van der Waals surface area contributed by atoms with Gasteiger partial charge in [0.1, 0.15) is 18.1 Å². The Bertz CT molecular complexity index is 745. The van der Waals surface area contributed by atoms with Gasteiger partial charge >= 0.3 is 5.97 Å². The fraction of sp³-hybridized carbons (Fsp3) is 0.0714. The van der Waals surface area contributed by atoms with Crippen molar-refractivity contribution in [3.63, 3.8) is 0 Å². The molecule has 0 aliphatic heterocycles. The number of aromatic carboxylic acids is 1. The van der Waals surface area contributed by atoms with Crippen molar-refractivity contribution in [2.24, 2.45) is 27.2 Å². The molecule has 1 aromatic heterocycles. The first-order chi connectivity index (χ1) is 10.9. The first-order valence-electron chi connectivity index (χ1n) is 6.42. The Balaban J connectivity index is 1.97. The number of furan rings is 1. The Labute approximate surface area is 131 Å². The van der Waals surface area contributed by atoms with Crippen LogP contribution in [0.4, 0.5) is 5.69 Å². The van der Waals surface area contributed by atoms with Gasteiger partial charge in [0, 0.05) is 0 Å². The lowest BCUT2D eigenvalue weighted by molar-refractivity contribution is 0.0658. The summed E-state index contributed by atoms with van der Waals surface area (Å²) in [5, 5.41) is 8.76. The van der Waals surface area contributed by atoms with Crippen LogP contribution in [-0.2, 0) is 6.61 Å². The van der Waals surface area contributed by atoms with Gasteiger partial charge in [0.2, 0.25) is 11.7 Å². The van der Waals surface area contributed by atoms with Gasteiger partial charge in [0.15, 0.2) is 5.96 Å². The molecule has 1 aromatic carbocycles. The molecule has 9 heteroatoms. The van der Waals surface area contributed by atoms with Crippen molar-refractivity contribution in [2.75, 3.05) is 0 Å². The summed E-state index contributed by atoms with van der Waals surface area (Å²) in [7, 11) is 0. The molecule has 120 valence electrons. The number of hydrogen-bond acceptors (Lipinski definition) is 4. The second-order valence-corrected chi connectivity index (χ2v) is 4.36. The van der Waals surface area contributed by atoms with E-state index in [1.165, 1.54) is 12.1 Å². The van der Waals surface area contributed by atoms with Crippen LogP contribution in [0.15, 0.2) is 50.8 Å². The van der Waals surface area contributed by atoms with E-state index in [-0.39, 0.29) is 24.3 Å². The minimum absolute atomic E-state index is 0.0598. The first-order valence-corrected chi connectivity index (χ1v) is 6.42. The average Bonchev–Trinajstić information content (AvgIpc) is 2.95. The highest BCUT2D eigenvalue weighted by molar-refractivity contribution is 5.93. The number of carbonyl (C=O) groups is 1. The molecule has 0 bridgehead atoms. The van der Waals surface area contributed by atoms with E-state index in [1.807, 2.05) is 0 Å². The lowest BCUT2D eigenvalue weighted by atomic mass is 10.3. The standard InChI is InChI=1S/C14H15N5O4/c15-13(16)19-14(17)18-8-1-3-9(4-2-8)22-7-10-5-6-11(23-10)12(20)21/h1-6H,7H2,(H,20,21)(H6,15,16,17,18,19). The maximum Gasteiger partial charge on any atom is 0.371 e. The topological polar surface area (TPSA) is 162 Å². The SMILES string of the molecule is NC(N)=NC(N)=Nc1ccc(OCc2ccc(C(=O)O)o2)cc1. The van der Waals surface area contributed by atoms with Crippen LogP contribution in [0.25, 0.3) is 0 Å². The quantitative estimate of drug-likeness (QED) is 0.467. The highest BCUT2D eigenvalue weighted by atomic mass is 16.5. The summed E-state index contributed by atoms with van der Waals surface area (Å²) in [6.07, 6.45) is 0. The monoisotopic (exact) mass is 317 g/mol. The second kappa shape index (κ2) is 6.98. The third-order valence-electron chi connectivity index (χ3n) is 2.58. The molecule has 0 radical (unpaired) electrons. The number of rotatable bonds is 5. The molecule has 9 nitrogen and oxygen atoms in total. The molecule has 1 heterocycles. The van der Waals surface area contributed by atoms with Gasteiger partial charge in [-0.3, -0.25) is 0 Å². The molecule has 0 saturated carbocycles. The molecule has 0 aliphatic rings. The van der Waals surface area contributed by atoms with Crippen LogP contribution in [0.5, 0.6) is 5.75 Å². The molecule has 7 N–H and O–H groups in total. The van der Waals surface area contributed by atoms with Crippen LogP contribution in [0.2, 0.25) is 0 Å². The van der Waals surface area contributed by atoms with Crippen LogP contribution in [0.1, 0.15) is 16.3 Å². The summed E-state index contributed by atoms with van der Waals surface area (Å²) in [4.78, 5) is 18.3. The van der Waals surface area contributed by atoms with Crippen molar-refractivity contribution in [2.45, 2.75) is 6.61 Å². The summed E-state index contributed by atoms with van der Waals surface area (Å²) >= 11 is 0. The molecule has 2 aromatic rings. The predicted octanol–water partition coefficient (Wildman–Crippen LogP) is 0.776. The van der Waals surface area contributed by atoms with E-state index in [4.69, 9.17) is 31.5 Å². The van der Waals surface area contributed by atoms with Crippen LogP contribution in [0, 0.1) is 0 Å². The van der Waals surface area contributed by atoms with Crippen LogP contribution in [-0.4, -0.2) is 23.0 Å². The summed E-state index contributed by atoms with van der Waals surface area (Å²) in [5.74, 6) is -0.541. The van der Waals surface area contributed by atoms with E-state index in [0.717, 1.165) is 0 Å². The highest BCUT2D eigenvalue weighted by Gasteiger charge is 2.09. The normalized spacial score (nSPS) is 11.0. The van der Waals surface area contributed by atoms with Crippen LogP contribution in [0.3, 0.4) is 0 Å². The van der Waals surface area contributed by atoms with Gasteiger partial charge in [-0.25, -0.2) is 9.79 Å². The zero-order chi connectivity index (χ0) is 16.8. The Kier molecular flexibility index (Phi) is 4.82. The number of aliphatic imine (C=N–C) groups is 2. The molecule has 0 saturated heterocycles. The Morgan fingerprint density at radius 3 is 2.39 bits per heavy atom. The third-order valence-corrected chi connectivity index (χ3v) is 2.58. The van der Waals surface area contributed by atoms with E-state index in [9.17, 15) is 4.79 Å². The van der Waals surface area contributed by atoms with Crippen LogP contribution < -0.4 is 21.9 Å². The van der Waals surface area contributed by atoms with Gasteiger partial charge in [0.25, 0.3) is 0 Å². The smallest absolute Gasteiger partial charge is 0.371 e. The van der Waals surface area contributed by atoms with Gasteiger partial charge in [-0.05, 0) is 36.4 Å². The molecule has 2 rings (SSSR count).